The molecule has 0 fully saturated rings. The number of nitrogens with zero attached hydrogens (tertiary/aromatic N) is 2. The standard InChI is InChI=1S/C38H34N2S/c1-23(2)31-21-27(26-12-7-6-8-13-26)22-32(24(3)4)36(31)40-34-17-10-9-16-33(34)39-38(40)30-15-11-14-29-28-19-18-25(5)20-35(28)41-37(29)30/h6-24H,1-5H3/i5D3,23D,24D. The van der Waals surface area contributed by atoms with Gasteiger partial charge in [0.25, 0.3) is 0 Å². The Morgan fingerprint density at radius 1 is 0.732 bits per heavy atom. The Bertz CT molecular complexity index is 2230. The zero-order valence-electron chi connectivity index (χ0n) is 28.6. The van der Waals surface area contributed by atoms with Gasteiger partial charge in [0.2, 0.25) is 0 Å². The highest BCUT2D eigenvalue weighted by Gasteiger charge is 2.24. The summed E-state index contributed by atoms with van der Waals surface area (Å²) in [4.78, 5) is 5.22. The molecule has 0 aliphatic carbocycles. The zero-order valence-corrected chi connectivity index (χ0v) is 24.4. The highest BCUT2D eigenvalue weighted by molar-refractivity contribution is 7.26. The lowest BCUT2D eigenvalue weighted by atomic mass is 9.88. The fourth-order valence-corrected chi connectivity index (χ4v) is 7.09. The van der Waals surface area contributed by atoms with Crippen LogP contribution in [0.4, 0.5) is 0 Å². The average molecular weight is 556 g/mol. The van der Waals surface area contributed by atoms with Crippen molar-refractivity contribution in [2.45, 2.75) is 46.3 Å². The monoisotopic (exact) mass is 555 g/mol. The summed E-state index contributed by atoms with van der Waals surface area (Å²) in [6.07, 6.45) is 0. The summed E-state index contributed by atoms with van der Waals surface area (Å²) in [6.45, 7) is 5.40. The molecule has 3 heteroatoms. The van der Waals surface area contributed by atoms with Crippen molar-refractivity contribution in [2.75, 3.05) is 0 Å². The molecule has 2 heterocycles. The number of thiophene rings is 1. The number of aromatic nitrogens is 2. The third kappa shape index (κ3) is 4.27. The molecule has 0 saturated carbocycles. The Labute approximate surface area is 253 Å². The Kier molecular flexibility index (Phi) is 5.04. The second-order valence-corrected chi connectivity index (χ2v) is 12.1. The van der Waals surface area contributed by atoms with Crippen LogP contribution in [0.2, 0.25) is 0 Å². The third-order valence-electron chi connectivity index (χ3n) is 7.82. The first kappa shape index (κ1) is 20.6. The summed E-state index contributed by atoms with van der Waals surface area (Å²) >= 11 is 1.57. The maximum absolute atomic E-state index is 9.40. The fraction of sp³-hybridized carbons (Fsp3) is 0.184. The van der Waals surface area contributed by atoms with Crippen molar-refractivity contribution in [3.8, 4) is 28.2 Å². The zero-order chi connectivity index (χ0) is 32.6. The molecule has 0 atom stereocenters. The first-order valence-electron chi connectivity index (χ1n) is 16.4. The van der Waals surface area contributed by atoms with Gasteiger partial charge in [-0.2, -0.15) is 0 Å². The second kappa shape index (κ2) is 10.0. The van der Waals surface area contributed by atoms with E-state index in [2.05, 4.69) is 41.0 Å². The lowest BCUT2D eigenvalue weighted by molar-refractivity contribution is 0.812. The van der Waals surface area contributed by atoms with Crippen molar-refractivity contribution in [1.29, 1.82) is 0 Å². The maximum Gasteiger partial charge on any atom is 0.147 e. The first-order chi connectivity index (χ1) is 21.7. The average Bonchev–Trinajstić information content (AvgIpc) is 3.58. The molecule has 0 saturated heterocycles. The number of hydrogen-bond donors (Lipinski definition) is 0. The summed E-state index contributed by atoms with van der Waals surface area (Å²) in [6, 6.07) is 33.9. The minimum atomic E-state index is -2.19. The van der Waals surface area contributed by atoms with Gasteiger partial charge in [-0.15, -0.1) is 11.3 Å². The van der Waals surface area contributed by atoms with Gasteiger partial charge in [0.05, 0.1) is 16.7 Å². The highest BCUT2D eigenvalue weighted by atomic mass is 32.1. The van der Waals surface area contributed by atoms with E-state index >= 15 is 0 Å². The van der Waals surface area contributed by atoms with Crippen LogP contribution in [0, 0.1) is 6.85 Å². The molecule has 0 radical (unpaired) electrons. The van der Waals surface area contributed by atoms with E-state index in [4.69, 9.17) is 9.10 Å². The van der Waals surface area contributed by atoms with Gasteiger partial charge in [-0.05, 0) is 82.9 Å². The molecule has 0 spiro atoms. The molecule has 0 bridgehead atoms. The van der Waals surface area contributed by atoms with Gasteiger partial charge in [0.15, 0.2) is 0 Å². The number of imidazole rings is 1. The Hall–Kier alpha value is -4.21. The Morgan fingerprint density at radius 2 is 1.46 bits per heavy atom. The van der Waals surface area contributed by atoms with Crippen molar-refractivity contribution in [3.05, 3.63) is 120 Å². The van der Waals surface area contributed by atoms with E-state index in [9.17, 15) is 2.74 Å². The number of rotatable bonds is 5. The van der Waals surface area contributed by atoms with Crippen LogP contribution in [-0.2, 0) is 0 Å². The van der Waals surface area contributed by atoms with Crippen LogP contribution in [0.3, 0.4) is 0 Å². The van der Waals surface area contributed by atoms with E-state index in [1.54, 1.807) is 23.5 Å². The van der Waals surface area contributed by atoms with Crippen molar-refractivity contribution in [1.82, 2.24) is 9.55 Å². The van der Waals surface area contributed by atoms with Crippen LogP contribution < -0.4 is 0 Å². The normalized spacial score (nSPS) is 14.6. The van der Waals surface area contributed by atoms with Crippen LogP contribution in [0.5, 0.6) is 0 Å². The van der Waals surface area contributed by atoms with Crippen LogP contribution in [0.15, 0.2) is 103 Å². The van der Waals surface area contributed by atoms with Crippen molar-refractivity contribution in [2.24, 2.45) is 0 Å². The van der Waals surface area contributed by atoms with Gasteiger partial charge in [0.1, 0.15) is 5.82 Å². The van der Waals surface area contributed by atoms with Gasteiger partial charge >= 0.3 is 0 Å². The SMILES string of the molecule is [2H]C([2H])([2H])c1ccc2c(c1)sc1c(-c3nc4ccccc4n3-c3c(C([2H])(C)C)cc(-c4ccccc4)cc3C([2H])(C)C)cccc12. The molecule has 202 valence electrons. The minimum absolute atomic E-state index is 0.323. The predicted molar refractivity (Wildman–Crippen MR) is 178 cm³/mol. The molecule has 2 nitrogen and oxygen atoms in total. The summed E-state index contributed by atoms with van der Waals surface area (Å²) in [7, 11) is 0. The number of para-hydroxylation sites is 2. The molecule has 5 aromatic carbocycles. The largest absolute Gasteiger partial charge is 0.292 e. The molecule has 0 unspecified atom stereocenters. The number of benzene rings is 5. The number of aryl methyl sites for hydroxylation is 1. The van der Waals surface area contributed by atoms with Gasteiger partial charge in [-0.3, -0.25) is 4.57 Å². The molecule has 7 aromatic rings. The second-order valence-electron chi connectivity index (χ2n) is 11.0. The Morgan fingerprint density at radius 3 is 2.20 bits per heavy atom. The summed E-state index contributed by atoms with van der Waals surface area (Å²) in [5, 5.41) is 2.04. The first-order valence-corrected chi connectivity index (χ1v) is 14.7. The van der Waals surface area contributed by atoms with Crippen LogP contribution in [0.1, 0.15) is 63.0 Å². The van der Waals surface area contributed by atoms with Crippen molar-refractivity contribution >= 4 is 42.5 Å². The van der Waals surface area contributed by atoms with Crippen LogP contribution >= 0.6 is 11.3 Å². The van der Waals surface area contributed by atoms with Crippen LogP contribution in [-0.4, -0.2) is 9.55 Å². The third-order valence-corrected chi connectivity index (χ3v) is 9.02. The molecular weight excluding hydrogens is 516 g/mol. The maximum atomic E-state index is 9.40. The van der Waals surface area contributed by atoms with E-state index < -0.39 is 18.6 Å². The summed E-state index contributed by atoms with van der Waals surface area (Å²) in [5.74, 6) is -1.28. The molecule has 0 N–H and O–H groups in total. The van der Waals surface area contributed by atoms with Crippen LogP contribution in [0.25, 0.3) is 59.4 Å². The van der Waals surface area contributed by atoms with Gasteiger partial charge in [-0.1, -0.05) is 94.4 Å². The molecule has 0 amide bonds. The molecule has 7 rings (SSSR count). The highest BCUT2D eigenvalue weighted by Crippen LogP contribution is 2.44. The van der Waals surface area contributed by atoms with Gasteiger partial charge in [0, 0.05) is 32.6 Å². The molecule has 41 heavy (non-hydrogen) atoms. The lowest BCUT2D eigenvalue weighted by Gasteiger charge is -2.24. The van der Waals surface area contributed by atoms with E-state index in [0.29, 0.717) is 5.56 Å². The van der Waals surface area contributed by atoms with Crippen molar-refractivity contribution in [3.63, 3.8) is 0 Å². The number of hydrogen-bond acceptors (Lipinski definition) is 2. The van der Waals surface area contributed by atoms with Crippen molar-refractivity contribution < 1.29 is 6.85 Å². The molecule has 0 aliphatic rings. The van der Waals surface area contributed by atoms with E-state index in [1.165, 1.54) is 0 Å². The van der Waals surface area contributed by atoms with Gasteiger partial charge < -0.3 is 0 Å². The lowest BCUT2D eigenvalue weighted by Crippen LogP contribution is -2.09. The molecule has 2 aromatic heterocycles. The summed E-state index contributed by atoms with van der Waals surface area (Å²) in [5.41, 5.74) is 7.36. The number of fused-ring (bicyclic) bond motifs is 4. The van der Waals surface area contributed by atoms with E-state index in [1.807, 2.05) is 82.3 Å². The molecule has 0 aliphatic heterocycles. The topological polar surface area (TPSA) is 17.8 Å². The quantitative estimate of drug-likeness (QED) is 0.206. The van der Waals surface area contributed by atoms with E-state index in [0.717, 1.165) is 70.5 Å². The predicted octanol–water partition coefficient (Wildman–Crippen LogP) is 11.3. The minimum Gasteiger partial charge on any atom is -0.292 e. The summed E-state index contributed by atoms with van der Waals surface area (Å²) < 4.78 is 46.7. The Balaban J connectivity index is 1.60. The molecular formula is C38H34N2S. The fourth-order valence-electron chi connectivity index (χ4n) is 5.84. The van der Waals surface area contributed by atoms with Gasteiger partial charge in [-0.25, -0.2) is 4.98 Å². The smallest absolute Gasteiger partial charge is 0.147 e. The van der Waals surface area contributed by atoms with E-state index in [-0.39, 0.29) is 0 Å².